The van der Waals surface area contributed by atoms with Crippen molar-refractivity contribution in [1.82, 2.24) is 19.9 Å². The first kappa shape index (κ1) is 17.4. The number of aromatic nitrogens is 2. The molecule has 1 aliphatic heterocycles. The molecular formula is C18H24N4O3. The largest absolute Gasteiger partial charge is 0.496 e. The first-order chi connectivity index (χ1) is 12.1. The molecule has 25 heavy (non-hydrogen) atoms. The SMILES string of the molecule is COc1ccccc1CCC(=O)N1CCN(C)[C@H](c2nc(C)no2)C1. The molecule has 2 heterocycles. The van der Waals surface area contributed by atoms with Gasteiger partial charge in [0.05, 0.1) is 7.11 Å². The van der Waals surface area contributed by atoms with E-state index in [0.717, 1.165) is 17.9 Å². The number of likely N-dealkylation sites (N-methyl/N-ethyl adjacent to an activating group) is 1. The van der Waals surface area contributed by atoms with Gasteiger partial charge < -0.3 is 14.2 Å². The number of nitrogens with zero attached hydrogens (tertiary/aromatic N) is 4. The molecule has 1 amide bonds. The minimum atomic E-state index is -0.0508. The second kappa shape index (κ2) is 7.65. The van der Waals surface area contributed by atoms with Gasteiger partial charge in [0.2, 0.25) is 11.8 Å². The molecule has 134 valence electrons. The van der Waals surface area contributed by atoms with Crippen LogP contribution in [-0.4, -0.2) is 59.6 Å². The van der Waals surface area contributed by atoms with Crippen LogP contribution < -0.4 is 4.74 Å². The summed E-state index contributed by atoms with van der Waals surface area (Å²) in [5.41, 5.74) is 1.05. The van der Waals surface area contributed by atoms with Gasteiger partial charge >= 0.3 is 0 Å². The van der Waals surface area contributed by atoms with Crippen LogP contribution in [0.3, 0.4) is 0 Å². The van der Waals surface area contributed by atoms with E-state index in [1.807, 2.05) is 36.2 Å². The van der Waals surface area contributed by atoms with Crippen LogP contribution in [0.5, 0.6) is 5.75 Å². The molecule has 1 aliphatic rings. The second-order valence-corrected chi connectivity index (χ2v) is 6.33. The first-order valence-corrected chi connectivity index (χ1v) is 8.48. The van der Waals surface area contributed by atoms with Crippen LogP contribution in [-0.2, 0) is 11.2 Å². The lowest BCUT2D eigenvalue weighted by atomic mass is 10.1. The van der Waals surface area contributed by atoms with Crippen molar-refractivity contribution in [2.45, 2.75) is 25.8 Å². The fourth-order valence-electron chi connectivity index (χ4n) is 3.12. The molecule has 0 N–H and O–H groups in total. The average Bonchev–Trinajstić information content (AvgIpc) is 3.06. The van der Waals surface area contributed by atoms with Crippen LogP contribution in [0.25, 0.3) is 0 Å². The number of piperazine rings is 1. The Morgan fingerprint density at radius 1 is 1.36 bits per heavy atom. The summed E-state index contributed by atoms with van der Waals surface area (Å²) in [5.74, 6) is 2.15. The molecule has 1 aromatic carbocycles. The zero-order chi connectivity index (χ0) is 17.8. The Morgan fingerprint density at radius 2 is 2.16 bits per heavy atom. The van der Waals surface area contributed by atoms with Crippen molar-refractivity contribution in [3.8, 4) is 5.75 Å². The van der Waals surface area contributed by atoms with Crippen LogP contribution in [0, 0.1) is 6.92 Å². The van der Waals surface area contributed by atoms with Gasteiger partial charge in [-0.2, -0.15) is 4.98 Å². The van der Waals surface area contributed by atoms with Crippen LogP contribution in [0.4, 0.5) is 0 Å². The molecule has 1 atom stereocenters. The standard InChI is InChI=1S/C18H24N4O3/c1-13-19-18(25-20-13)15-12-22(11-10-21(15)2)17(23)9-8-14-6-4-5-7-16(14)24-3/h4-7,15H,8-12H2,1-3H3/t15-/m0/s1. The summed E-state index contributed by atoms with van der Waals surface area (Å²) in [6.07, 6.45) is 1.12. The molecular weight excluding hydrogens is 320 g/mol. The topological polar surface area (TPSA) is 71.7 Å². The molecule has 0 saturated carbocycles. The fraction of sp³-hybridized carbons (Fsp3) is 0.500. The van der Waals surface area contributed by atoms with Crippen molar-refractivity contribution in [3.05, 3.63) is 41.5 Å². The van der Waals surface area contributed by atoms with Gasteiger partial charge in [-0.1, -0.05) is 23.4 Å². The molecule has 3 rings (SSSR count). The fourth-order valence-corrected chi connectivity index (χ4v) is 3.12. The Balaban J connectivity index is 1.62. The number of ether oxygens (including phenoxy) is 1. The lowest BCUT2D eigenvalue weighted by molar-refractivity contribution is -0.134. The molecule has 2 aromatic rings. The van der Waals surface area contributed by atoms with E-state index in [9.17, 15) is 4.79 Å². The van der Waals surface area contributed by atoms with E-state index < -0.39 is 0 Å². The summed E-state index contributed by atoms with van der Waals surface area (Å²) in [4.78, 5) is 21.0. The highest BCUT2D eigenvalue weighted by atomic mass is 16.5. The van der Waals surface area contributed by atoms with Gasteiger partial charge in [-0.15, -0.1) is 0 Å². The number of amides is 1. The summed E-state index contributed by atoms with van der Waals surface area (Å²) < 4.78 is 10.7. The monoisotopic (exact) mass is 344 g/mol. The van der Waals surface area contributed by atoms with E-state index >= 15 is 0 Å². The third-order valence-corrected chi connectivity index (χ3v) is 4.63. The maximum Gasteiger partial charge on any atom is 0.245 e. The van der Waals surface area contributed by atoms with Crippen LogP contribution in [0.15, 0.2) is 28.8 Å². The minimum absolute atomic E-state index is 0.0508. The molecule has 1 saturated heterocycles. The first-order valence-electron chi connectivity index (χ1n) is 8.48. The molecule has 1 aromatic heterocycles. The van der Waals surface area contributed by atoms with Crippen molar-refractivity contribution in [3.63, 3.8) is 0 Å². The summed E-state index contributed by atoms with van der Waals surface area (Å²) in [5, 5.41) is 3.86. The molecule has 7 heteroatoms. The Bertz CT molecular complexity index is 731. The number of carbonyl (C=O) groups excluding carboxylic acids is 1. The number of para-hydroxylation sites is 1. The summed E-state index contributed by atoms with van der Waals surface area (Å²) in [7, 11) is 3.67. The Hall–Kier alpha value is -2.41. The summed E-state index contributed by atoms with van der Waals surface area (Å²) in [6, 6.07) is 7.77. The maximum absolute atomic E-state index is 12.7. The van der Waals surface area contributed by atoms with Crippen molar-refractivity contribution in [2.24, 2.45) is 0 Å². The van der Waals surface area contributed by atoms with Gasteiger partial charge in [0.25, 0.3) is 0 Å². The Morgan fingerprint density at radius 3 is 2.88 bits per heavy atom. The van der Waals surface area contributed by atoms with E-state index in [2.05, 4.69) is 15.0 Å². The predicted molar refractivity (Wildman–Crippen MR) is 92.3 cm³/mol. The van der Waals surface area contributed by atoms with Gasteiger partial charge in [-0.3, -0.25) is 9.69 Å². The number of carbonyl (C=O) groups is 1. The number of hydrogen-bond donors (Lipinski definition) is 0. The van der Waals surface area contributed by atoms with Crippen LogP contribution in [0.2, 0.25) is 0 Å². The van der Waals surface area contributed by atoms with Gasteiger partial charge in [-0.05, 0) is 32.0 Å². The van der Waals surface area contributed by atoms with Crippen molar-refractivity contribution in [2.75, 3.05) is 33.8 Å². The molecule has 0 radical (unpaired) electrons. The zero-order valence-corrected chi connectivity index (χ0v) is 14.9. The van der Waals surface area contributed by atoms with E-state index in [0.29, 0.717) is 37.6 Å². The van der Waals surface area contributed by atoms with E-state index in [4.69, 9.17) is 9.26 Å². The average molecular weight is 344 g/mol. The molecule has 1 fully saturated rings. The van der Waals surface area contributed by atoms with Gasteiger partial charge in [-0.25, -0.2) is 0 Å². The van der Waals surface area contributed by atoms with Crippen LogP contribution in [0.1, 0.15) is 29.7 Å². The molecule has 0 spiro atoms. The minimum Gasteiger partial charge on any atom is -0.496 e. The summed E-state index contributed by atoms with van der Waals surface area (Å²) in [6.45, 7) is 3.87. The number of aryl methyl sites for hydroxylation is 2. The zero-order valence-electron chi connectivity index (χ0n) is 14.9. The predicted octanol–water partition coefficient (Wildman–Crippen LogP) is 1.83. The highest BCUT2D eigenvalue weighted by Gasteiger charge is 2.31. The van der Waals surface area contributed by atoms with E-state index in [1.54, 1.807) is 14.0 Å². The van der Waals surface area contributed by atoms with Crippen molar-refractivity contribution < 1.29 is 14.1 Å². The molecule has 7 nitrogen and oxygen atoms in total. The Kier molecular flexibility index (Phi) is 5.33. The third-order valence-electron chi connectivity index (χ3n) is 4.63. The van der Waals surface area contributed by atoms with Gasteiger partial charge in [0, 0.05) is 26.1 Å². The van der Waals surface area contributed by atoms with E-state index in [-0.39, 0.29) is 11.9 Å². The number of benzene rings is 1. The van der Waals surface area contributed by atoms with Gasteiger partial charge in [0.15, 0.2) is 5.82 Å². The van der Waals surface area contributed by atoms with E-state index in [1.165, 1.54) is 0 Å². The highest BCUT2D eigenvalue weighted by Crippen LogP contribution is 2.24. The number of rotatable bonds is 5. The lowest BCUT2D eigenvalue weighted by Crippen LogP contribution is -2.49. The molecule has 0 aliphatic carbocycles. The normalized spacial score (nSPS) is 18.4. The molecule has 0 unspecified atom stereocenters. The lowest BCUT2D eigenvalue weighted by Gasteiger charge is -2.37. The highest BCUT2D eigenvalue weighted by molar-refractivity contribution is 5.76. The molecule has 0 bridgehead atoms. The van der Waals surface area contributed by atoms with Crippen LogP contribution >= 0.6 is 0 Å². The quantitative estimate of drug-likeness (QED) is 0.824. The van der Waals surface area contributed by atoms with Crippen molar-refractivity contribution in [1.29, 1.82) is 0 Å². The van der Waals surface area contributed by atoms with Gasteiger partial charge in [0.1, 0.15) is 11.8 Å². The number of hydrogen-bond acceptors (Lipinski definition) is 6. The second-order valence-electron chi connectivity index (χ2n) is 6.33. The third kappa shape index (κ3) is 3.99. The summed E-state index contributed by atoms with van der Waals surface area (Å²) >= 11 is 0. The smallest absolute Gasteiger partial charge is 0.245 e. The van der Waals surface area contributed by atoms with Crippen molar-refractivity contribution >= 4 is 5.91 Å². The number of methoxy groups -OCH3 is 1. The maximum atomic E-state index is 12.7. The Labute approximate surface area is 147 Å².